The second kappa shape index (κ2) is 10.0. The van der Waals surface area contributed by atoms with E-state index in [2.05, 4.69) is 62.1 Å². The summed E-state index contributed by atoms with van der Waals surface area (Å²) in [5.74, 6) is 0.346. The van der Waals surface area contributed by atoms with Crippen LogP contribution in [0.5, 0.6) is 5.75 Å². The van der Waals surface area contributed by atoms with Gasteiger partial charge in [-0.1, -0.05) is 24.3 Å². The molecule has 154 valence electrons. The normalized spacial score (nSPS) is 11.0. The molecule has 0 spiro atoms. The summed E-state index contributed by atoms with van der Waals surface area (Å²) in [6.45, 7) is 6.02. The van der Waals surface area contributed by atoms with E-state index in [4.69, 9.17) is 4.74 Å². The second-order valence-electron chi connectivity index (χ2n) is 7.00. The molecule has 30 heavy (non-hydrogen) atoms. The first-order valence-electron chi connectivity index (χ1n) is 9.42. The number of nitrogens with zero attached hydrogens (tertiary/aromatic N) is 1. The number of amides is 1. The number of rotatable bonds is 6. The Labute approximate surface area is 193 Å². The van der Waals surface area contributed by atoms with Crippen molar-refractivity contribution in [2.24, 2.45) is 4.99 Å². The van der Waals surface area contributed by atoms with Gasteiger partial charge >= 0.3 is 0 Å². The predicted molar refractivity (Wildman–Crippen MR) is 130 cm³/mol. The second-order valence-corrected chi connectivity index (χ2v) is 8.71. The van der Waals surface area contributed by atoms with Gasteiger partial charge in [0.15, 0.2) is 6.61 Å². The predicted octanol–water partition coefficient (Wildman–Crippen LogP) is 6.90. The summed E-state index contributed by atoms with van der Waals surface area (Å²) in [4.78, 5) is 16.8. The Morgan fingerprint density at radius 1 is 1.03 bits per heavy atom. The fraction of sp³-hybridized carbons (Fsp3) is 0.167. The molecule has 0 saturated heterocycles. The van der Waals surface area contributed by atoms with Gasteiger partial charge in [0.25, 0.3) is 5.91 Å². The lowest BCUT2D eigenvalue weighted by Gasteiger charge is -2.12. The van der Waals surface area contributed by atoms with Crippen molar-refractivity contribution < 1.29 is 9.53 Å². The lowest BCUT2D eigenvalue weighted by molar-refractivity contribution is -0.118. The van der Waals surface area contributed by atoms with Crippen molar-refractivity contribution in [1.82, 2.24) is 0 Å². The molecule has 4 nitrogen and oxygen atoms in total. The smallest absolute Gasteiger partial charge is 0.262 e. The Balaban J connectivity index is 1.68. The van der Waals surface area contributed by atoms with Gasteiger partial charge in [-0.3, -0.25) is 9.79 Å². The first-order chi connectivity index (χ1) is 14.3. The average Bonchev–Trinajstić information content (AvgIpc) is 2.68. The Hall–Kier alpha value is -2.44. The third-order valence-electron chi connectivity index (χ3n) is 4.60. The van der Waals surface area contributed by atoms with Crippen molar-refractivity contribution in [2.75, 3.05) is 11.9 Å². The summed E-state index contributed by atoms with van der Waals surface area (Å²) in [6.07, 6.45) is 1.81. The monoisotopic (exact) mass is 528 g/mol. The molecule has 3 aromatic rings. The van der Waals surface area contributed by atoms with Crippen molar-refractivity contribution in [3.63, 3.8) is 0 Å². The van der Waals surface area contributed by atoms with Gasteiger partial charge in [0.2, 0.25) is 0 Å². The van der Waals surface area contributed by atoms with E-state index in [1.54, 1.807) is 0 Å². The molecular weight excluding hydrogens is 508 g/mol. The number of hydrogen-bond acceptors (Lipinski definition) is 3. The molecule has 0 saturated carbocycles. The van der Waals surface area contributed by atoms with Crippen LogP contribution in [-0.2, 0) is 4.79 Å². The van der Waals surface area contributed by atoms with Gasteiger partial charge in [0.05, 0.1) is 14.6 Å². The highest BCUT2D eigenvalue weighted by Gasteiger charge is 2.11. The van der Waals surface area contributed by atoms with Gasteiger partial charge in [-0.15, -0.1) is 0 Å². The van der Waals surface area contributed by atoms with Gasteiger partial charge in [-0.2, -0.15) is 0 Å². The molecule has 1 amide bonds. The van der Waals surface area contributed by atoms with E-state index in [1.807, 2.05) is 61.7 Å². The summed E-state index contributed by atoms with van der Waals surface area (Å²) in [6, 6.07) is 17.5. The largest absolute Gasteiger partial charge is 0.481 e. The average molecular weight is 530 g/mol. The molecule has 0 aliphatic carbocycles. The molecule has 0 radical (unpaired) electrons. The number of hydrogen-bond donors (Lipinski definition) is 1. The molecule has 0 bridgehead atoms. The van der Waals surface area contributed by atoms with E-state index in [-0.39, 0.29) is 12.5 Å². The number of nitrogens with one attached hydrogen (secondary N) is 1. The summed E-state index contributed by atoms with van der Waals surface area (Å²) < 4.78 is 7.21. The van der Waals surface area contributed by atoms with Crippen LogP contribution in [0.2, 0.25) is 0 Å². The number of aryl methyl sites for hydroxylation is 2. The molecule has 0 aliphatic heterocycles. The van der Waals surface area contributed by atoms with Crippen molar-refractivity contribution >= 4 is 55.4 Å². The van der Waals surface area contributed by atoms with Gasteiger partial charge in [0.1, 0.15) is 5.75 Å². The highest BCUT2D eigenvalue weighted by Crippen LogP contribution is 2.34. The van der Waals surface area contributed by atoms with Gasteiger partial charge in [-0.25, -0.2) is 0 Å². The van der Waals surface area contributed by atoms with E-state index in [1.165, 1.54) is 5.56 Å². The minimum Gasteiger partial charge on any atom is -0.481 e. The highest BCUT2D eigenvalue weighted by molar-refractivity contribution is 9.11. The number of halogens is 2. The first kappa shape index (κ1) is 22.2. The van der Waals surface area contributed by atoms with Gasteiger partial charge in [0, 0.05) is 11.9 Å². The molecule has 0 aliphatic rings. The zero-order chi connectivity index (χ0) is 21.7. The molecule has 0 fully saturated rings. The van der Waals surface area contributed by atoms with E-state index in [0.717, 1.165) is 37.0 Å². The SMILES string of the molecule is Cc1cccc(NC(=O)COc2c(Br)cc(C=Nc3cccc(C)c3C)cc2Br)c1. The zero-order valence-electron chi connectivity index (χ0n) is 17.0. The van der Waals surface area contributed by atoms with Gasteiger partial charge < -0.3 is 10.1 Å². The summed E-state index contributed by atoms with van der Waals surface area (Å²) in [7, 11) is 0. The maximum absolute atomic E-state index is 12.2. The number of benzene rings is 3. The topological polar surface area (TPSA) is 50.7 Å². The van der Waals surface area contributed by atoms with Crippen LogP contribution in [0, 0.1) is 20.8 Å². The number of ether oxygens (including phenoxy) is 1. The minimum atomic E-state index is -0.222. The molecule has 0 atom stereocenters. The minimum absolute atomic E-state index is 0.0962. The zero-order valence-corrected chi connectivity index (χ0v) is 20.2. The van der Waals surface area contributed by atoms with E-state index < -0.39 is 0 Å². The molecule has 0 heterocycles. The summed E-state index contributed by atoms with van der Waals surface area (Å²) in [5.41, 5.74) is 6.05. The standard InChI is InChI=1S/C24H22Br2N2O2/c1-15-6-4-8-19(10-15)28-23(29)14-30-24-20(25)11-18(12-21(24)26)13-27-22-9-5-7-16(2)17(22)3/h4-13H,14H2,1-3H3,(H,28,29). The van der Waals surface area contributed by atoms with Crippen LogP contribution in [0.3, 0.4) is 0 Å². The van der Waals surface area contributed by atoms with Crippen molar-refractivity contribution in [3.05, 3.63) is 85.8 Å². The van der Waals surface area contributed by atoms with E-state index in [9.17, 15) is 4.79 Å². The van der Waals surface area contributed by atoms with Crippen LogP contribution in [0.1, 0.15) is 22.3 Å². The number of aliphatic imine (C=N–C) groups is 1. The van der Waals surface area contributed by atoms with Crippen molar-refractivity contribution in [1.29, 1.82) is 0 Å². The van der Waals surface area contributed by atoms with Crippen LogP contribution < -0.4 is 10.1 Å². The lowest BCUT2D eigenvalue weighted by atomic mass is 10.1. The first-order valence-corrected chi connectivity index (χ1v) is 11.0. The molecule has 3 aromatic carbocycles. The van der Waals surface area contributed by atoms with Crippen LogP contribution >= 0.6 is 31.9 Å². The number of carbonyl (C=O) groups is 1. The number of carbonyl (C=O) groups excluding carboxylic acids is 1. The maximum atomic E-state index is 12.2. The molecular formula is C24H22Br2N2O2. The maximum Gasteiger partial charge on any atom is 0.262 e. The quantitative estimate of drug-likeness (QED) is 0.353. The van der Waals surface area contributed by atoms with Crippen LogP contribution in [-0.4, -0.2) is 18.7 Å². The van der Waals surface area contributed by atoms with Crippen molar-refractivity contribution in [3.8, 4) is 5.75 Å². The number of anilines is 1. The Bertz CT molecular complexity index is 1090. The van der Waals surface area contributed by atoms with Crippen LogP contribution in [0.4, 0.5) is 11.4 Å². The summed E-state index contributed by atoms with van der Waals surface area (Å²) >= 11 is 7.06. The fourth-order valence-corrected chi connectivity index (χ4v) is 4.32. The molecule has 3 rings (SSSR count). The fourth-order valence-electron chi connectivity index (χ4n) is 2.87. The molecule has 6 heteroatoms. The van der Waals surface area contributed by atoms with Crippen LogP contribution in [0.25, 0.3) is 0 Å². The Morgan fingerprint density at radius 2 is 1.73 bits per heavy atom. The molecule has 0 aromatic heterocycles. The molecule has 1 N–H and O–H groups in total. The molecule has 0 unspecified atom stereocenters. The Kier molecular flexibility index (Phi) is 7.45. The summed E-state index contributed by atoms with van der Waals surface area (Å²) in [5, 5.41) is 2.84. The third-order valence-corrected chi connectivity index (χ3v) is 5.78. The van der Waals surface area contributed by atoms with E-state index in [0.29, 0.717) is 5.75 Å². The van der Waals surface area contributed by atoms with Crippen molar-refractivity contribution in [2.45, 2.75) is 20.8 Å². The Morgan fingerprint density at radius 3 is 2.43 bits per heavy atom. The third kappa shape index (κ3) is 5.80. The van der Waals surface area contributed by atoms with Crippen LogP contribution in [0.15, 0.2) is 68.5 Å². The highest BCUT2D eigenvalue weighted by atomic mass is 79.9. The van der Waals surface area contributed by atoms with E-state index >= 15 is 0 Å². The lowest BCUT2D eigenvalue weighted by Crippen LogP contribution is -2.20. The van der Waals surface area contributed by atoms with Gasteiger partial charge in [-0.05, 0) is 105 Å².